The maximum atomic E-state index is 12.9. The van der Waals surface area contributed by atoms with E-state index in [0.717, 1.165) is 0 Å². The van der Waals surface area contributed by atoms with E-state index in [2.05, 4.69) is 10.6 Å². The minimum atomic E-state index is -1.11. The quantitative estimate of drug-likeness (QED) is 0.224. The predicted molar refractivity (Wildman–Crippen MR) is 144 cm³/mol. The largest absolute Gasteiger partial charge is 0.487 e. The lowest BCUT2D eigenvalue weighted by atomic mass is 9.84. The van der Waals surface area contributed by atoms with Gasteiger partial charge in [-0.15, -0.1) is 0 Å². The molecule has 202 valence electrons. The summed E-state index contributed by atoms with van der Waals surface area (Å²) in [6.07, 6.45) is 6.47. The Bertz CT molecular complexity index is 1250. The number of anilines is 1. The Morgan fingerprint density at radius 3 is 2.61 bits per heavy atom. The molecule has 6 N–H and O–H groups in total. The fourth-order valence-corrected chi connectivity index (χ4v) is 4.48. The highest BCUT2D eigenvalue weighted by molar-refractivity contribution is 6.30. The fourth-order valence-electron chi connectivity index (χ4n) is 4.23. The van der Waals surface area contributed by atoms with Gasteiger partial charge in [0.2, 0.25) is 0 Å². The molecule has 0 aliphatic heterocycles. The number of rotatable bonds is 10. The van der Waals surface area contributed by atoms with Crippen LogP contribution in [0.15, 0.2) is 70.5 Å². The number of nitrogens with one attached hydrogen (secondary N) is 3. The number of methoxy groups -OCH3 is 1. The third-order valence-corrected chi connectivity index (χ3v) is 6.88. The number of amides is 2. The van der Waals surface area contributed by atoms with Crippen molar-refractivity contribution in [1.29, 1.82) is 5.41 Å². The van der Waals surface area contributed by atoms with Crippen LogP contribution in [0.25, 0.3) is 0 Å². The number of carboxylic acids is 1. The summed E-state index contributed by atoms with van der Waals surface area (Å²) in [6.45, 7) is 3.45. The first kappa shape index (κ1) is 28.7. The molecule has 38 heavy (non-hydrogen) atoms. The van der Waals surface area contributed by atoms with Crippen LogP contribution in [0.4, 0.5) is 5.69 Å². The number of benzene rings is 1. The van der Waals surface area contributed by atoms with Crippen molar-refractivity contribution in [2.75, 3.05) is 25.6 Å². The minimum absolute atomic E-state index is 0.0373. The number of halogens is 1. The van der Waals surface area contributed by atoms with Crippen LogP contribution >= 0.6 is 11.6 Å². The van der Waals surface area contributed by atoms with Gasteiger partial charge in [-0.25, -0.2) is 4.79 Å². The highest BCUT2D eigenvalue weighted by atomic mass is 35.5. The van der Waals surface area contributed by atoms with E-state index in [9.17, 15) is 14.4 Å². The summed E-state index contributed by atoms with van der Waals surface area (Å²) in [5, 5.41) is 23.0. The second kappa shape index (κ2) is 12.6. The van der Waals surface area contributed by atoms with Gasteiger partial charge in [-0.1, -0.05) is 43.7 Å². The summed E-state index contributed by atoms with van der Waals surface area (Å²) in [5.74, 6) is -2.48. The number of hydrogen-bond donors (Lipinski definition) is 5. The molecule has 0 saturated heterocycles. The van der Waals surface area contributed by atoms with Crippen LogP contribution < -0.4 is 16.4 Å². The van der Waals surface area contributed by atoms with Gasteiger partial charge in [0.05, 0.1) is 17.5 Å². The molecule has 0 saturated carbocycles. The molecule has 4 atom stereocenters. The van der Waals surface area contributed by atoms with E-state index in [1.54, 1.807) is 37.5 Å². The van der Waals surface area contributed by atoms with Crippen LogP contribution in [0, 0.1) is 23.2 Å². The summed E-state index contributed by atoms with van der Waals surface area (Å²) < 4.78 is 11.3. The number of amidine groups is 1. The van der Waals surface area contributed by atoms with E-state index in [1.807, 2.05) is 13.8 Å². The van der Waals surface area contributed by atoms with Gasteiger partial charge in [0, 0.05) is 53.3 Å². The molecule has 0 radical (unpaired) electrons. The molecule has 2 aliphatic carbocycles. The van der Waals surface area contributed by atoms with Crippen molar-refractivity contribution in [2.45, 2.75) is 20.0 Å². The minimum Gasteiger partial charge on any atom is -0.487 e. The topological polar surface area (TPSA) is 164 Å². The molecule has 2 amide bonds. The predicted octanol–water partition coefficient (Wildman–Crippen LogP) is 3.18. The summed E-state index contributed by atoms with van der Waals surface area (Å²) in [6, 6.07) is 5.85. The van der Waals surface area contributed by atoms with Crippen LogP contribution in [0.2, 0.25) is 0 Å². The van der Waals surface area contributed by atoms with Gasteiger partial charge in [0.25, 0.3) is 11.8 Å². The van der Waals surface area contributed by atoms with Gasteiger partial charge < -0.3 is 30.9 Å². The molecular weight excluding hydrogens is 512 g/mol. The van der Waals surface area contributed by atoms with E-state index in [1.165, 1.54) is 18.2 Å². The van der Waals surface area contributed by atoms with Crippen molar-refractivity contribution < 1.29 is 29.0 Å². The SMILES string of the molecule is COC1C=C(C(=O)NCC2=C(OCC(=O)Nc3cccc(C(=O)O)c3)C(C)C(C(=N)N)C=C2)C=C(Cl)C1C. The van der Waals surface area contributed by atoms with E-state index in [4.69, 9.17) is 37.3 Å². The molecule has 11 heteroatoms. The van der Waals surface area contributed by atoms with Crippen molar-refractivity contribution in [1.82, 2.24) is 5.32 Å². The second-order valence-electron chi connectivity index (χ2n) is 9.06. The molecule has 0 bridgehead atoms. The number of allylic oxidation sites excluding steroid dienone is 1. The number of carbonyl (C=O) groups excluding carboxylic acids is 2. The average Bonchev–Trinajstić information content (AvgIpc) is 2.88. The monoisotopic (exact) mass is 542 g/mol. The summed E-state index contributed by atoms with van der Waals surface area (Å²) in [7, 11) is 1.55. The van der Waals surface area contributed by atoms with Crippen LogP contribution in [0.1, 0.15) is 24.2 Å². The molecule has 4 unspecified atom stereocenters. The molecule has 0 aromatic heterocycles. The first-order valence-corrected chi connectivity index (χ1v) is 12.3. The van der Waals surface area contributed by atoms with Crippen LogP contribution in [-0.4, -0.2) is 55.1 Å². The van der Waals surface area contributed by atoms with Gasteiger partial charge >= 0.3 is 5.97 Å². The number of aromatic carboxylic acids is 1. The maximum absolute atomic E-state index is 12.9. The van der Waals surface area contributed by atoms with E-state index in [0.29, 0.717) is 27.6 Å². The van der Waals surface area contributed by atoms with Crippen LogP contribution in [0.5, 0.6) is 0 Å². The van der Waals surface area contributed by atoms with Gasteiger partial charge in [0.1, 0.15) is 5.76 Å². The summed E-state index contributed by atoms with van der Waals surface area (Å²) in [5.41, 5.74) is 7.10. The Kier molecular flexibility index (Phi) is 9.49. The summed E-state index contributed by atoms with van der Waals surface area (Å²) in [4.78, 5) is 36.6. The first-order valence-electron chi connectivity index (χ1n) is 11.9. The zero-order valence-corrected chi connectivity index (χ0v) is 22.0. The Balaban J connectivity index is 1.73. The lowest BCUT2D eigenvalue weighted by Gasteiger charge is -2.29. The third-order valence-electron chi connectivity index (χ3n) is 6.42. The molecule has 10 nitrogen and oxygen atoms in total. The zero-order valence-electron chi connectivity index (χ0n) is 21.3. The summed E-state index contributed by atoms with van der Waals surface area (Å²) >= 11 is 6.29. The standard InChI is InChI=1S/C27H31ClN4O6/c1-14-20(25(29)30)8-7-17(12-31-26(34)18-10-21(28)15(2)22(11-18)37-3)24(14)38-13-23(33)32-19-6-4-5-16(9-19)27(35)36/h4-11,14-15,20,22H,12-13H2,1-3H3,(H3,29,30)(H,31,34)(H,32,33)(H,35,36). The number of carbonyl (C=O) groups is 3. The number of ether oxygens (including phenoxy) is 2. The number of carboxylic acid groups (broad SMARTS) is 1. The molecule has 0 spiro atoms. The highest BCUT2D eigenvalue weighted by Crippen LogP contribution is 2.31. The van der Waals surface area contributed by atoms with Gasteiger partial charge in [0.15, 0.2) is 6.61 Å². The lowest BCUT2D eigenvalue weighted by molar-refractivity contribution is -0.120. The zero-order chi connectivity index (χ0) is 28.0. The normalized spacial score (nSPS) is 22.7. The number of hydrogen-bond acceptors (Lipinski definition) is 6. The first-order chi connectivity index (χ1) is 18.0. The Labute approximate surface area is 225 Å². The molecule has 0 fully saturated rings. The Morgan fingerprint density at radius 2 is 1.95 bits per heavy atom. The molecule has 2 aliphatic rings. The molecule has 1 aromatic carbocycles. The van der Waals surface area contributed by atoms with Crippen LogP contribution in [-0.2, 0) is 19.1 Å². The Hall–Kier alpha value is -3.89. The van der Waals surface area contributed by atoms with Crippen LogP contribution in [0.3, 0.4) is 0 Å². The fraction of sp³-hybridized carbons (Fsp3) is 0.333. The van der Waals surface area contributed by atoms with Crippen molar-refractivity contribution in [3.63, 3.8) is 0 Å². The Morgan fingerprint density at radius 1 is 1.21 bits per heavy atom. The molecule has 3 rings (SSSR count). The third kappa shape index (κ3) is 6.90. The van der Waals surface area contributed by atoms with E-state index in [-0.39, 0.29) is 48.4 Å². The van der Waals surface area contributed by atoms with E-state index < -0.39 is 17.8 Å². The maximum Gasteiger partial charge on any atom is 0.335 e. The van der Waals surface area contributed by atoms with Crippen molar-refractivity contribution in [3.8, 4) is 0 Å². The highest BCUT2D eigenvalue weighted by Gasteiger charge is 2.30. The molecule has 1 aromatic rings. The number of nitrogens with two attached hydrogens (primary N) is 1. The second-order valence-corrected chi connectivity index (χ2v) is 9.50. The van der Waals surface area contributed by atoms with Gasteiger partial charge in [-0.2, -0.15) is 0 Å². The van der Waals surface area contributed by atoms with Crippen molar-refractivity contribution >= 4 is 40.9 Å². The van der Waals surface area contributed by atoms with Crippen molar-refractivity contribution in [3.05, 3.63) is 76.1 Å². The lowest BCUT2D eigenvalue weighted by Crippen LogP contribution is -2.34. The molecular formula is C27H31ClN4O6. The molecule has 0 heterocycles. The van der Waals surface area contributed by atoms with Crippen molar-refractivity contribution in [2.24, 2.45) is 23.5 Å². The van der Waals surface area contributed by atoms with Gasteiger partial charge in [-0.05, 0) is 30.4 Å². The van der Waals surface area contributed by atoms with Gasteiger partial charge in [-0.3, -0.25) is 15.0 Å². The smallest absolute Gasteiger partial charge is 0.335 e. The average molecular weight is 543 g/mol. The van der Waals surface area contributed by atoms with E-state index >= 15 is 0 Å².